The Kier molecular flexibility index (Phi) is 2.59. The summed E-state index contributed by atoms with van der Waals surface area (Å²) in [5.74, 6) is 0.828. The lowest BCUT2D eigenvalue weighted by Crippen LogP contribution is -1.94. The molecule has 82 valence electrons. The van der Waals surface area contributed by atoms with E-state index in [1.165, 1.54) is 13.3 Å². The molecule has 0 spiro atoms. The molecule has 0 saturated heterocycles. The third-order valence-corrected chi connectivity index (χ3v) is 2.13. The highest BCUT2D eigenvalue weighted by Gasteiger charge is 2.06. The van der Waals surface area contributed by atoms with Gasteiger partial charge in [0.25, 0.3) is 0 Å². The van der Waals surface area contributed by atoms with Gasteiger partial charge < -0.3 is 15.6 Å². The molecule has 1 aromatic heterocycles. The van der Waals surface area contributed by atoms with Crippen molar-refractivity contribution in [1.29, 1.82) is 0 Å². The van der Waals surface area contributed by atoms with Crippen LogP contribution >= 0.6 is 0 Å². The van der Waals surface area contributed by atoms with E-state index in [9.17, 15) is 5.11 Å². The summed E-state index contributed by atoms with van der Waals surface area (Å²) in [6.45, 7) is 0. The summed E-state index contributed by atoms with van der Waals surface area (Å²) >= 11 is 0. The van der Waals surface area contributed by atoms with Crippen LogP contribution in [0.25, 0.3) is 11.3 Å². The lowest BCUT2D eigenvalue weighted by molar-refractivity contribution is 0.373. The van der Waals surface area contributed by atoms with Crippen molar-refractivity contribution in [2.75, 3.05) is 12.8 Å². The normalized spacial score (nSPS) is 10.1. The van der Waals surface area contributed by atoms with Crippen LogP contribution in [0.5, 0.6) is 11.5 Å². The zero-order valence-corrected chi connectivity index (χ0v) is 8.71. The molecule has 0 fully saturated rings. The van der Waals surface area contributed by atoms with Crippen LogP contribution in [0.1, 0.15) is 0 Å². The van der Waals surface area contributed by atoms with E-state index in [0.717, 1.165) is 5.56 Å². The number of nitrogen functional groups attached to an aromatic ring is 1. The SMILES string of the molecule is COc1cc(-c2cncc(N)n2)ccc1O. The van der Waals surface area contributed by atoms with Crippen molar-refractivity contribution in [1.82, 2.24) is 9.97 Å². The number of phenolic OH excluding ortho intramolecular Hbond substituents is 1. The van der Waals surface area contributed by atoms with Gasteiger partial charge in [0, 0.05) is 5.56 Å². The molecule has 0 atom stereocenters. The Hall–Kier alpha value is -2.30. The van der Waals surface area contributed by atoms with E-state index in [4.69, 9.17) is 10.5 Å². The minimum absolute atomic E-state index is 0.0862. The first-order valence-corrected chi connectivity index (χ1v) is 4.65. The van der Waals surface area contributed by atoms with Crippen LogP contribution in [0.15, 0.2) is 30.6 Å². The van der Waals surface area contributed by atoms with Crippen molar-refractivity contribution < 1.29 is 9.84 Å². The van der Waals surface area contributed by atoms with Gasteiger partial charge in [0.15, 0.2) is 11.5 Å². The third-order valence-electron chi connectivity index (χ3n) is 2.13. The Labute approximate surface area is 92.5 Å². The molecule has 5 nitrogen and oxygen atoms in total. The number of aromatic hydroxyl groups is 1. The van der Waals surface area contributed by atoms with Crippen molar-refractivity contribution in [2.45, 2.75) is 0 Å². The van der Waals surface area contributed by atoms with E-state index >= 15 is 0 Å². The minimum atomic E-state index is 0.0862. The number of anilines is 1. The molecular formula is C11H11N3O2. The average Bonchev–Trinajstić information content (AvgIpc) is 2.29. The third kappa shape index (κ3) is 1.88. The summed E-state index contributed by atoms with van der Waals surface area (Å²) in [7, 11) is 1.49. The zero-order valence-electron chi connectivity index (χ0n) is 8.71. The maximum Gasteiger partial charge on any atom is 0.161 e. The van der Waals surface area contributed by atoms with Crippen LogP contribution in [0.2, 0.25) is 0 Å². The predicted molar refractivity (Wildman–Crippen MR) is 60.1 cm³/mol. The summed E-state index contributed by atoms with van der Waals surface area (Å²) in [6, 6.07) is 4.94. The highest BCUT2D eigenvalue weighted by atomic mass is 16.5. The Balaban J connectivity index is 2.48. The van der Waals surface area contributed by atoms with E-state index in [2.05, 4.69) is 9.97 Å². The quantitative estimate of drug-likeness (QED) is 0.795. The smallest absolute Gasteiger partial charge is 0.161 e. The van der Waals surface area contributed by atoms with E-state index in [-0.39, 0.29) is 5.75 Å². The molecule has 2 rings (SSSR count). The summed E-state index contributed by atoms with van der Waals surface area (Å²) in [5, 5.41) is 9.45. The number of hydrogen-bond donors (Lipinski definition) is 2. The molecule has 0 amide bonds. The van der Waals surface area contributed by atoms with Gasteiger partial charge in [0.05, 0.1) is 25.2 Å². The number of hydrogen-bond acceptors (Lipinski definition) is 5. The summed E-state index contributed by atoms with van der Waals surface area (Å²) in [6.07, 6.45) is 3.07. The Bertz CT molecular complexity index is 514. The molecule has 0 radical (unpaired) electrons. The van der Waals surface area contributed by atoms with Crippen LogP contribution in [0.3, 0.4) is 0 Å². The fourth-order valence-corrected chi connectivity index (χ4v) is 1.36. The maximum atomic E-state index is 9.45. The van der Waals surface area contributed by atoms with Gasteiger partial charge in [-0.1, -0.05) is 0 Å². The van der Waals surface area contributed by atoms with Crippen molar-refractivity contribution >= 4 is 5.82 Å². The summed E-state index contributed by atoms with van der Waals surface area (Å²) in [4.78, 5) is 8.07. The summed E-state index contributed by atoms with van der Waals surface area (Å²) in [5.41, 5.74) is 6.97. The first-order valence-electron chi connectivity index (χ1n) is 4.65. The van der Waals surface area contributed by atoms with E-state index in [1.54, 1.807) is 24.4 Å². The highest BCUT2D eigenvalue weighted by Crippen LogP contribution is 2.30. The monoisotopic (exact) mass is 217 g/mol. The number of nitrogens with zero attached hydrogens (tertiary/aromatic N) is 2. The van der Waals surface area contributed by atoms with Crippen molar-refractivity contribution in [2.24, 2.45) is 0 Å². The topological polar surface area (TPSA) is 81.3 Å². The fourth-order valence-electron chi connectivity index (χ4n) is 1.36. The molecule has 2 aromatic rings. The molecule has 0 unspecified atom stereocenters. The molecule has 3 N–H and O–H groups in total. The van der Waals surface area contributed by atoms with E-state index in [1.807, 2.05) is 0 Å². The fraction of sp³-hybridized carbons (Fsp3) is 0.0909. The van der Waals surface area contributed by atoms with Gasteiger partial charge in [-0.25, -0.2) is 4.98 Å². The van der Waals surface area contributed by atoms with E-state index < -0.39 is 0 Å². The first kappa shape index (κ1) is 10.2. The lowest BCUT2D eigenvalue weighted by Gasteiger charge is -2.06. The van der Waals surface area contributed by atoms with Crippen LogP contribution in [-0.4, -0.2) is 22.2 Å². The molecule has 0 aliphatic heterocycles. The number of ether oxygens (including phenoxy) is 1. The predicted octanol–water partition coefficient (Wildman–Crippen LogP) is 1.44. The van der Waals surface area contributed by atoms with Gasteiger partial charge in [-0.05, 0) is 18.2 Å². The number of nitrogens with two attached hydrogens (primary N) is 1. The van der Waals surface area contributed by atoms with Gasteiger partial charge in [-0.2, -0.15) is 0 Å². The van der Waals surface area contributed by atoms with Gasteiger partial charge in [-0.3, -0.25) is 4.98 Å². The van der Waals surface area contributed by atoms with Gasteiger partial charge >= 0.3 is 0 Å². The standard InChI is InChI=1S/C11H11N3O2/c1-16-10-4-7(2-3-9(10)15)8-5-13-6-11(12)14-8/h2-6,15H,1H3,(H2,12,14). The van der Waals surface area contributed by atoms with Crippen molar-refractivity contribution in [3.05, 3.63) is 30.6 Å². The molecule has 5 heteroatoms. The van der Waals surface area contributed by atoms with Crippen LogP contribution in [0.4, 0.5) is 5.82 Å². The molecule has 16 heavy (non-hydrogen) atoms. The highest BCUT2D eigenvalue weighted by molar-refractivity contribution is 5.63. The summed E-state index contributed by atoms with van der Waals surface area (Å²) < 4.78 is 5.01. The first-order chi connectivity index (χ1) is 7.70. The number of methoxy groups -OCH3 is 1. The number of phenols is 1. The molecule has 0 saturated carbocycles. The van der Waals surface area contributed by atoms with E-state index in [0.29, 0.717) is 17.3 Å². The second kappa shape index (κ2) is 4.06. The lowest BCUT2D eigenvalue weighted by atomic mass is 10.1. The van der Waals surface area contributed by atoms with Crippen LogP contribution in [-0.2, 0) is 0 Å². The minimum Gasteiger partial charge on any atom is -0.504 e. The Morgan fingerprint density at radius 2 is 2.12 bits per heavy atom. The van der Waals surface area contributed by atoms with Gasteiger partial charge in [0.2, 0.25) is 0 Å². The number of benzene rings is 1. The second-order valence-electron chi connectivity index (χ2n) is 3.22. The largest absolute Gasteiger partial charge is 0.504 e. The molecule has 1 heterocycles. The van der Waals surface area contributed by atoms with Crippen LogP contribution < -0.4 is 10.5 Å². The average molecular weight is 217 g/mol. The van der Waals surface area contributed by atoms with Crippen molar-refractivity contribution in [3.8, 4) is 22.8 Å². The molecule has 0 aliphatic carbocycles. The van der Waals surface area contributed by atoms with Gasteiger partial charge in [0.1, 0.15) is 5.82 Å². The molecular weight excluding hydrogens is 206 g/mol. The second-order valence-corrected chi connectivity index (χ2v) is 3.22. The number of rotatable bonds is 2. The van der Waals surface area contributed by atoms with Gasteiger partial charge in [-0.15, -0.1) is 0 Å². The zero-order chi connectivity index (χ0) is 11.5. The maximum absolute atomic E-state index is 9.45. The number of aromatic nitrogens is 2. The molecule has 0 aliphatic rings. The molecule has 0 bridgehead atoms. The molecule has 1 aromatic carbocycles. The van der Waals surface area contributed by atoms with Crippen molar-refractivity contribution in [3.63, 3.8) is 0 Å². The van der Waals surface area contributed by atoms with Crippen LogP contribution in [0, 0.1) is 0 Å². The Morgan fingerprint density at radius 3 is 2.81 bits per heavy atom. The Morgan fingerprint density at radius 1 is 1.31 bits per heavy atom.